The average molecular weight is 336 g/mol. The van der Waals surface area contributed by atoms with Crippen LogP contribution in [-0.4, -0.2) is 49.0 Å². The summed E-state index contributed by atoms with van der Waals surface area (Å²) in [5.74, 6) is 2.09. The van der Waals surface area contributed by atoms with E-state index in [1.54, 1.807) is 7.11 Å². The zero-order valence-corrected chi connectivity index (χ0v) is 14.2. The second kappa shape index (κ2) is 4.88. The molecule has 124 valence electrons. The number of hydrogen-bond acceptors (Lipinski definition) is 4. The first-order chi connectivity index (χ1) is 10.7. The van der Waals surface area contributed by atoms with E-state index in [1.807, 2.05) is 12.1 Å². The van der Waals surface area contributed by atoms with Gasteiger partial charge in [-0.3, -0.25) is 0 Å². The number of methoxy groups -OCH3 is 1. The molecule has 0 aromatic heterocycles. The zero-order valence-electron chi connectivity index (χ0n) is 13.4. The fourth-order valence-electron chi connectivity index (χ4n) is 5.39. The highest BCUT2D eigenvalue weighted by Crippen LogP contribution is 2.62. The van der Waals surface area contributed by atoms with Crippen molar-refractivity contribution in [2.75, 3.05) is 20.7 Å². The van der Waals surface area contributed by atoms with E-state index in [0.717, 1.165) is 30.9 Å². The molecule has 2 aliphatic heterocycles. The van der Waals surface area contributed by atoms with E-state index >= 15 is 0 Å². The Morgan fingerprint density at radius 3 is 2.96 bits per heavy atom. The highest BCUT2D eigenvalue weighted by Gasteiger charge is 2.64. The first kappa shape index (κ1) is 15.3. The summed E-state index contributed by atoms with van der Waals surface area (Å²) in [6.45, 7) is 1.05. The molecule has 5 heteroatoms. The molecule has 0 amide bonds. The lowest BCUT2D eigenvalue weighted by Gasteiger charge is -2.56. The molecule has 2 aliphatic carbocycles. The maximum atomic E-state index is 10.6. The van der Waals surface area contributed by atoms with Crippen molar-refractivity contribution < 1.29 is 14.6 Å². The Labute approximate surface area is 142 Å². The lowest BCUT2D eigenvalue weighted by Crippen LogP contribution is -2.64. The summed E-state index contributed by atoms with van der Waals surface area (Å²) in [6, 6.07) is 4.70. The Kier molecular flexibility index (Phi) is 3.25. The molecule has 0 saturated carbocycles. The number of nitrogens with zero attached hydrogens (tertiary/aromatic N) is 1. The van der Waals surface area contributed by atoms with Crippen LogP contribution in [0, 0.1) is 5.92 Å². The highest BCUT2D eigenvalue weighted by atomic mass is 35.5. The van der Waals surface area contributed by atoms with E-state index in [9.17, 15) is 5.11 Å². The number of aliphatic hydroxyl groups is 1. The monoisotopic (exact) mass is 335 g/mol. The van der Waals surface area contributed by atoms with Crippen LogP contribution in [0.5, 0.6) is 11.5 Å². The topological polar surface area (TPSA) is 41.9 Å². The van der Waals surface area contributed by atoms with Crippen LogP contribution < -0.4 is 9.47 Å². The van der Waals surface area contributed by atoms with Gasteiger partial charge in [0.05, 0.1) is 7.11 Å². The normalized spacial score (nSPS) is 39.3. The van der Waals surface area contributed by atoms with Gasteiger partial charge in [-0.2, -0.15) is 0 Å². The third-order valence-corrected chi connectivity index (χ3v) is 6.35. The first-order valence-electron chi connectivity index (χ1n) is 8.10. The number of rotatable bonds is 1. The Bertz CT molecular complexity index is 691. The molecule has 2 heterocycles. The van der Waals surface area contributed by atoms with Crippen LogP contribution in [0.25, 0.3) is 0 Å². The predicted molar refractivity (Wildman–Crippen MR) is 89.7 cm³/mol. The van der Waals surface area contributed by atoms with Gasteiger partial charge in [0.2, 0.25) is 0 Å². The van der Waals surface area contributed by atoms with Gasteiger partial charge in [0.1, 0.15) is 12.2 Å². The van der Waals surface area contributed by atoms with E-state index in [2.05, 4.69) is 24.1 Å². The van der Waals surface area contributed by atoms with E-state index in [4.69, 9.17) is 9.47 Å². The van der Waals surface area contributed by atoms with Crippen LogP contribution >= 0.6 is 12.4 Å². The summed E-state index contributed by atoms with van der Waals surface area (Å²) in [5.41, 5.74) is 2.60. The van der Waals surface area contributed by atoms with Crippen molar-refractivity contribution in [2.45, 2.75) is 36.5 Å². The number of hydrogen-bond donors (Lipinski definition) is 1. The fraction of sp³-hybridized carbons (Fsp3) is 0.556. The minimum atomic E-state index is -0.539. The molecule has 4 aliphatic rings. The maximum Gasteiger partial charge on any atom is 0.165 e. The van der Waals surface area contributed by atoms with Crippen LogP contribution in [0.2, 0.25) is 0 Å². The number of likely N-dealkylation sites (tertiary alicyclic amines) is 1. The van der Waals surface area contributed by atoms with Gasteiger partial charge in [-0.15, -0.1) is 12.4 Å². The molecular formula is C18H22ClNO3. The quantitative estimate of drug-likeness (QED) is 0.796. The van der Waals surface area contributed by atoms with Crippen LogP contribution in [0.1, 0.15) is 17.5 Å². The number of benzene rings is 1. The number of halogens is 1. The molecule has 1 aromatic rings. The molecule has 0 unspecified atom stereocenters. The Balaban J connectivity index is 0.00000135. The minimum Gasteiger partial charge on any atom is -0.493 e. The summed E-state index contributed by atoms with van der Waals surface area (Å²) < 4.78 is 11.8. The summed E-state index contributed by atoms with van der Waals surface area (Å²) in [7, 11) is 3.91. The number of ether oxygens (including phenoxy) is 2. The van der Waals surface area contributed by atoms with Crippen LogP contribution in [0.4, 0.5) is 0 Å². The van der Waals surface area contributed by atoms with Gasteiger partial charge in [-0.25, -0.2) is 0 Å². The van der Waals surface area contributed by atoms with Gasteiger partial charge in [0.25, 0.3) is 0 Å². The zero-order chi connectivity index (χ0) is 15.1. The Morgan fingerprint density at radius 2 is 2.17 bits per heavy atom. The molecule has 1 saturated heterocycles. The highest BCUT2D eigenvalue weighted by molar-refractivity contribution is 5.85. The van der Waals surface area contributed by atoms with E-state index in [-0.39, 0.29) is 23.9 Å². The molecule has 5 atom stereocenters. The van der Waals surface area contributed by atoms with E-state index in [1.165, 1.54) is 11.1 Å². The Morgan fingerprint density at radius 1 is 1.35 bits per heavy atom. The molecule has 4 nitrogen and oxygen atoms in total. The first-order valence-corrected chi connectivity index (χ1v) is 8.10. The van der Waals surface area contributed by atoms with Crippen molar-refractivity contribution in [2.24, 2.45) is 5.92 Å². The fourth-order valence-corrected chi connectivity index (χ4v) is 5.39. The summed E-state index contributed by atoms with van der Waals surface area (Å²) in [6.07, 6.45) is 5.54. The lowest BCUT2D eigenvalue weighted by atomic mass is 9.53. The minimum absolute atomic E-state index is 0. The summed E-state index contributed by atoms with van der Waals surface area (Å²) in [5, 5.41) is 10.6. The third-order valence-electron chi connectivity index (χ3n) is 6.35. The summed E-state index contributed by atoms with van der Waals surface area (Å²) >= 11 is 0. The van der Waals surface area contributed by atoms with Crippen molar-refractivity contribution in [3.05, 3.63) is 35.4 Å². The van der Waals surface area contributed by atoms with Gasteiger partial charge in [0.15, 0.2) is 11.5 Å². The molecule has 2 bridgehead atoms. The molecule has 0 radical (unpaired) electrons. The van der Waals surface area contributed by atoms with Crippen molar-refractivity contribution in [1.82, 2.24) is 4.90 Å². The number of aliphatic hydroxyl groups excluding tert-OH is 1. The van der Waals surface area contributed by atoms with Crippen molar-refractivity contribution in [3.63, 3.8) is 0 Å². The van der Waals surface area contributed by atoms with Crippen molar-refractivity contribution in [3.8, 4) is 11.5 Å². The summed E-state index contributed by atoms with van der Waals surface area (Å²) in [4.78, 5) is 2.47. The SMILES string of the molecule is COc1ccc2c3c1O[C@H]1[C@H](O)C=C[C@@H]4[C@@H](C2)N(C)CC[C@@]341.Cl. The van der Waals surface area contributed by atoms with Gasteiger partial charge in [0, 0.05) is 22.9 Å². The van der Waals surface area contributed by atoms with Gasteiger partial charge in [-0.05, 0) is 38.1 Å². The van der Waals surface area contributed by atoms with Crippen LogP contribution in [-0.2, 0) is 11.8 Å². The molecule has 1 aromatic carbocycles. The number of likely N-dealkylation sites (N-methyl/N-ethyl adjacent to an activating group) is 1. The van der Waals surface area contributed by atoms with Crippen LogP contribution in [0.15, 0.2) is 24.3 Å². The molecule has 1 fully saturated rings. The van der Waals surface area contributed by atoms with E-state index < -0.39 is 6.10 Å². The third kappa shape index (κ3) is 1.64. The maximum absolute atomic E-state index is 10.6. The van der Waals surface area contributed by atoms with Crippen molar-refractivity contribution >= 4 is 12.4 Å². The lowest BCUT2D eigenvalue weighted by molar-refractivity contribution is -0.0453. The molecule has 5 rings (SSSR count). The van der Waals surface area contributed by atoms with Crippen molar-refractivity contribution in [1.29, 1.82) is 0 Å². The predicted octanol–water partition coefficient (Wildman–Crippen LogP) is 1.92. The average Bonchev–Trinajstić information content (AvgIpc) is 2.88. The van der Waals surface area contributed by atoms with E-state index in [0.29, 0.717) is 12.0 Å². The molecule has 1 spiro atoms. The second-order valence-electron chi connectivity index (χ2n) is 7.11. The largest absolute Gasteiger partial charge is 0.493 e. The smallest absolute Gasteiger partial charge is 0.165 e. The van der Waals surface area contributed by atoms with Crippen LogP contribution in [0.3, 0.4) is 0 Å². The van der Waals surface area contributed by atoms with Gasteiger partial charge >= 0.3 is 0 Å². The van der Waals surface area contributed by atoms with Gasteiger partial charge < -0.3 is 19.5 Å². The molecular weight excluding hydrogens is 314 g/mol. The number of piperidine rings is 1. The Hall–Kier alpha value is -1.23. The van der Waals surface area contributed by atoms with Gasteiger partial charge in [-0.1, -0.05) is 18.2 Å². The molecule has 1 N–H and O–H groups in total. The molecule has 23 heavy (non-hydrogen) atoms. The standard InChI is InChI=1S/C18H21NO3.ClH/c1-19-8-7-18-11-4-5-13(20)17(18)22-16-14(21-2)6-3-10(15(16)18)9-12(11)19;/h3-6,11-13,17,20H,7-9H2,1-2H3;1H/t11-,12-,13-,17+,18+;/m1./s1. The second-order valence-corrected chi connectivity index (χ2v) is 7.11.